The summed E-state index contributed by atoms with van der Waals surface area (Å²) >= 11 is 0. The second-order valence-electron chi connectivity index (χ2n) is 5.67. The van der Waals surface area contributed by atoms with Gasteiger partial charge in [0.15, 0.2) is 0 Å². The number of methoxy groups -OCH3 is 1. The highest BCUT2D eigenvalue weighted by Gasteiger charge is 2.27. The third-order valence-corrected chi connectivity index (χ3v) is 5.19. The van der Waals surface area contributed by atoms with Gasteiger partial charge in [0, 0.05) is 32.6 Å². The molecule has 0 radical (unpaired) electrons. The van der Waals surface area contributed by atoms with E-state index in [4.69, 9.17) is 9.88 Å². The molecule has 1 aromatic rings. The highest BCUT2D eigenvalue weighted by Crippen LogP contribution is 2.29. The van der Waals surface area contributed by atoms with Crippen LogP contribution in [0.4, 0.5) is 0 Å². The molecular weight excluding hydrogens is 318 g/mol. The lowest BCUT2D eigenvalue weighted by molar-refractivity contribution is -0.132. The number of nitrogens with zero attached hydrogens (tertiary/aromatic N) is 2. The summed E-state index contributed by atoms with van der Waals surface area (Å²) in [4.78, 5) is 14.1. The summed E-state index contributed by atoms with van der Waals surface area (Å²) in [6.45, 7) is 3.21. The van der Waals surface area contributed by atoms with Crippen molar-refractivity contribution in [1.29, 1.82) is 0 Å². The van der Waals surface area contributed by atoms with Gasteiger partial charge in [-0.2, -0.15) is 12.7 Å². The van der Waals surface area contributed by atoms with Crippen LogP contribution in [-0.2, 0) is 15.0 Å². The molecule has 1 aromatic carbocycles. The van der Waals surface area contributed by atoms with Crippen LogP contribution < -0.4 is 9.88 Å². The predicted molar refractivity (Wildman–Crippen MR) is 87.3 cm³/mol. The number of amides is 1. The number of nitrogens with two attached hydrogens (primary N) is 1. The molecule has 7 nitrogen and oxygen atoms in total. The summed E-state index contributed by atoms with van der Waals surface area (Å²) in [5, 5.41) is 5.10. The molecule has 1 heterocycles. The number of carbonyl (C=O) groups excluding carboxylic acids is 1. The molecule has 0 aromatic heterocycles. The Morgan fingerprint density at radius 3 is 2.43 bits per heavy atom. The number of hydrogen-bond acceptors (Lipinski definition) is 4. The van der Waals surface area contributed by atoms with Crippen LogP contribution in [0, 0.1) is 0 Å². The lowest BCUT2D eigenvalue weighted by atomic mass is 9.96. The Balaban J connectivity index is 1.95. The van der Waals surface area contributed by atoms with Crippen molar-refractivity contribution in [1.82, 2.24) is 9.21 Å². The van der Waals surface area contributed by atoms with Gasteiger partial charge in [-0.25, -0.2) is 5.14 Å². The predicted octanol–water partition coefficient (Wildman–Crippen LogP) is 0.537. The molecule has 1 amide bonds. The second-order valence-corrected chi connectivity index (χ2v) is 7.22. The average Bonchev–Trinajstić information content (AvgIpc) is 2.54. The fraction of sp³-hybridized carbons (Fsp3) is 0.533. The van der Waals surface area contributed by atoms with Gasteiger partial charge in [-0.15, -0.1) is 0 Å². The minimum atomic E-state index is -3.67. The smallest absolute Gasteiger partial charge is 0.277 e. The van der Waals surface area contributed by atoms with Crippen LogP contribution in [-0.4, -0.2) is 56.8 Å². The lowest BCUT2D eigenvalue weighted by Gasteiger charge is -2.33. The van der Waals surface area contributed by atoms with E-state index in [1.165, 1.54) is 4.31 Å². The molecule has 23 heavy (non-hydrogen) atoms. The third kappa shape index (κ3) is 4.43. The van der Waals surface area contributed by atoms with E-state index in [0.717, 1.165) is 11.3 Å². The van der Waals surface area contributed by atoms with Gasteiger partial charge in [0.25, 0.3) is 10.2 Å². The summed E-state index contributed by atoms with van der Waals surface area (Å²) < 4.78 is 29.1. The molecule has 1 atom stereocenters. The molecule has 0 aliphatic carbocycles. The molecule has 0 bridgehead atoms. The standard InChI is InChI=1S/C15H23N3O4S/c1-12(13-5-3-4-6-14(13)22-2)11-15(19)17-7-9-18(10-8-17)23(16,20)21/h3-6,12H,7-11H2,1-2H3,(H2,16,20,21)/t12-/m1/s1. The molecule has 0 saturated carbocycles. The van der Waals surface area contributed by atoms with Crippen LogP contribution in [0.25, 0.3) is 0 Å². The van der Waals surface area contributed by atoms with Gasteiger partial charge in [0.05, 0.1) is 7.11 Å². The first-order valence-corrected chi connectivity index (χ1v) is 9.02. The maximum atomic E-state index is 12.4. The Morgan fingerprint density at radius 1 is 1.26 bits per heavy atom. The number of para-hydroxylation sites is 1. The zero-order valence-electron chi connectivity index (χ0n) is 13.4. The van der Waals surface area contributed by atoms with Crippen LogP contribution in [0.5, 0.6) is 5.75 Å². The Hall–Kier alpha value is -1.64. The van der Waals surface area contributed by atoms with Crippen molar-refractivity contribution in [3.63, 3.8) is 0 Å². The fourth-order valence-electron chi connectivity index (χ4n) is 2.77. The molecule has 1 fully saturated rings. The van der Waals surface area contributed by atoms with Crippen LogP contribution >= 0.6 is 0 Å². The van der Waals surface area contributed by atoms with E-state index in [-0.39, 0.29) is 24.9 Å². The Bertz CT molecular complexity index is 654. The van der Waals surface area contributed by atoms with E-state index < -0.39 is 10.2 Å². The van der Waals surface area contributed by atoms with Gasteiger partial charge in [0.1, 0.15) is 5.75 Å². The molecule has 1 saturated heterocycles. The lowest BCUT2D eigenvalue weighted by Crippen LogP contribution is -2.52. The molecule has 2 rings (SSSR count). The summed E-state index contributed by atoms with van der Waals surface area (Å²) in [6.07, 6.45) is 0.357. The number of benzene rings is 1. The summed E-state index contributed by atoms with van der Waals surface area (Å²) in [7, 11) is -2.06. The zero-order chi connectivity index (χ0) is 17.0. The minimum absolute atomic E-state index is 0.0116. The molecule has 2 N–H and O–H groups in total. The van der Waals surface area contributed by atoms with Crippen LogP contribution in [0.1, 0.15) is 24.8 Å². The maximum absolute atomic E-state index is 12.4. The van der Waals surface area contributed by atoms with E-state index >= 15 is 0 Å². The van der Waals surface area contributed by atoms with Crippen LogP contribution in [0.3, 0.4) is 0 Å². The minimum Gasteiger partial charge on any atom is -0.496 e. The highest BCUT2D eigenvalue weighted by molar-refractivity contribution is 7.86. The molecule has 1 aliphatic heterocycles. The van der Waals surface area contributed by atoms with E-state index in [1.54, 1.807) is 12.0 Å². The number of carbonyl (C=O) groups is 1. The van der Waals surface area contributed by atoms with Gasteiger partial charge in [-0.05, 0) is 17.5 Å². The van der Waals surface area contributed by atoms with E-state index in [2.05, 4.69) is 0 Å². The van der Waals surface area contributed by atoms with Gasteiger partial charge in [-0.1, -0.05) is 25.1 Å². The van der Waals surface area contributed by atoms with Crippen molar-refractivity contribution in [2.24, 2.45) is 5.14 Å². The first kappa shape index (κ1) is 17.7. The molecule has 8 heteroatoms. The number of hydrogen-bond donors (Lipinski definition) is 1. The normalized spacial score (nSPS) is 17.8. The van der Waals surface area contributed by atoms with Crippen molar-refractivity contribution in [3.8, 4) is 5.75 Å². The first-order chi connectivity index (χ1) is 10.8. The Morgan fingerprint density at radius 2 is 1.87 bits per heavy atom. The van der Waals surface area contributed by atoms with Crippen molar-refractivity contribution in [2.75, 3.05) is 33.3 Å². The van der Waals surface area contributed by atoms with Gasteiger partial charge < -0.3 is 9.64 Å². The highest BCUT2D eigenvalue weighted by atomic mass is 32.2. The van der Waals surface area contributed by atoms with Gasteiger partial charge >= 0.3 is 0 Å². The van der Waals surface area contributed by atoms with Crippen molar-refractivity contribution < 1.29 is 17.9 Å². The van der Waals surface area contributed by atoms with E-state index in [9.17, 15) is 13.2 Å². The SMILES string of the molecule is COc1ccccc1[C@H](C)CC(=O)N1CCN(S(N)(=O)=O)CC1. The summed E-state index contributed by atoms with van der Waals surface area (Å²) in [5.41, 5.74) is 0.992. The zero-order valence-corrected chi connectivity index (χ0v) is 14.3. The monoisotopic (exact) mass is 341 g/mol. The maximum Gasteiger partial charge on any atom is 0.277 e. The topological polar surface area (TPSA) is 92.9 Å². The first-order valence-electron chi connectivity index (χ1n) is 7.51. The largest absolute Gasteiger partial charge is 0.496 e. The van der Waals surface area contributed by atoms with Crippen molar-refractivity contribution in [3.05, 3.63) is 29.8 Å². The van der Waals surface area contributed by atoms with Crippen LogP contribution in [0.15, 0.2) is 24.3 Å². The molecule has 0 unspecified atom stereocenters. The summed E-state index contributed by atoms with van der Waals surface area (Å²) in [6, 6.07) is 7.64. The Kier molecular flexibility index (Phi) is 5.61. The van der Waals surface area contributed by atoms with Crippen molar-refractivity contribution in [2.45, 2.75) is 19.3 Å². The molecule has 0 spiro atoms. The van der Waals surface area contributed by atoms with Gasteiger partial charge in [0.2, 0.25) is 5.91 Å². The molecule has 1 aliphatic rings. The number of rotatable bonds is 5. The molecule has 128 valence electrons. The van der Waals surface area contributed by atoms with Crippen LogP contribution in [0.2, 0.25) is 0 Å². The Labute approximate surface area is 137 Å². The molecular formula is C15H23N3O4S. The average molecular weight is 341 g/mol. The number of ether oxygens (including phenoxy) is 1. The van der Waals surface area contributed by atoms with E-state index in [0.29, 0.717) is 19.5 Å². The second kappa shape index (κ2) is 7.29. The van der Waals surface area contributed by atoms with Gasteiger partial charge in [-0.3, -0.25) is 4.79 Å². The van der Waals surface area contributed by atoms with Crippen molar-refractivity contribution >= 4 is 16.1 Å². The fourth-order valence-corrected chi connectivity index (χ4v) is 3.44. The third-order valence-electron chi connectivity index (χ3n) is 4.10. The quantitative estimate of drug-likeness (QED) is 0.846. The number of piperazine rings is 1. The summed E-state index contributed by atoms with van der Waals surface area (Å²) in [5.74, 6) is 0.805. The van der Waals surface area contributed by atoms with E-state index in [1.807, 2.05) is 31.2 Å².